The van der Waals surface area contributed by atoms with Crippen molar-refractivity contribution in [3.8, 4) is 0 Å². The molecule has 1 aromatic carbocycles. The molecule has 0 aliphatic heterocycles. The maximum absolute atomic E-state index is 4.23. The third-order valence-corrected chi connectivity index (χ3v) is 2.90. The first-order chi connectivity index (χ1) is 8.79. The van der Waals surface area contributed by atoms with E-state index in [0.717, 1.165) is 30.9 Å². The van der Waals surface area contributed by atoms with Crippen molar-refractivity contribution in [2.75, 3.05) is 0 Å². The van der Waals surface area contributed by atoms with Gasteiger partial charge < -0.3 is 5.32 Å². The Hall–Kier alpha value is -1.74. The minimum absolute atomic E-state index is 0.842. The summed E-state index contributed by atoms with van der Waals surface area (Å²) in [5.74, 6) is 0. The molecule has 1 aromatic heterocycles. The van der Waals surface area contributed by atoms with E-state index < -0.39 is 0 Å². The van der Waals surface area contributed by atoms with E-state index in [4.69, 9.17) is 0 Å². The number of aromatic nitrogens is 2. The SMILES string of the molecule is CCc1nnc(C)cc1CNCc1ccccc1. The molecule has 2 aromatic rings. The molecule has 0 aliphatic carbocycles. The second kappa shape index (κ2) is 6.26. The van der Waals surface area contributed by atoms with E-state index in [-0.39, 0.29) is 0 Å². The van der Waals surface area contributed by atoms with Crippen molar-refractivity contribution in [1.29, 1.82) is 0 Å². The van der Waals surface area contributed by atoms with Gasteiger partial charge in [0.2, 0.25) is 0 Å². The Morgan fingerprint density at radius 3 is 2.56 bits per heavy atom. The largest absolute Gasteiger partial charge is 0.309 e. The zero-order valence-corrected chi connectivity index (χ0v) is 11.0. The van der Waals surface area contributed by atoms with Crippen LogP contribution in [0.1, 0.15) is 29.4 Å². The highest BCUT2D eigenvalue weighted by atomic mass is 15.1. The molecule has 0 aliphatic rings. The molecular weight excluding hydrogens is 222 g/mol. The first kappa shape index (κ1) is 12.7. The number of nitrogens with one attached hydrogen (secondary N) is 1. The number of rotatable bonds is 5. The Morgan fingerprint density at radius 2 is 1.83 bits per heavy atom. The van der Waals surface area contributed by atoms with Crippen LogP contribution in [0.2, 0.25) is 0 Å². The maximum Gasteiger partial charge on any atom is 0.0673 e. The quantitative estimate of drug-likeness (QED) is 0.874. The average Bonchev–Trinajstić information content (AvgIpc) is 2.40. The average molecular weight is 241 g/mol. The lowest BCUT2D eigenvalue weighted by atomic mass is 10.1. The molecule has 1 N–H and O–H groups in total. The fraction of sp³-hybridized carbons (Fsp3) is 0.333. The number of hydrogen-bond donors (Lipinski definition) is 1. The van der Waals surface area contributed by atoms with Crippen molar-refractivity contribution in [3.05, 3.63) is 58.9 Å². The van der Waals surface area contributed by atoms with Gasteiger partial charge in [-0.25, -0.2) is 0 Å². The summed E-state index contributed by atoms with van der Waals surface area (Å²) in [6.45, 7) is 5.81. The smallest absolute Gasteiger partial charge is 0.0673 e. The van der Waals surface area contributed by atoms with Gasteiger partial charge in [0, 0.05) is 13.1 Å². The lowest BCUT2D eigenvalue weighted by Gasteiger charge is -2.09. The molecule has 0 atom stereocenters. The summed E-state index contributed by atoms with van der Waals surface area (Å²) >= 11 is 0. The first-order valence-electron chi connectivity index (χ1n) is 6.36. The Balaban J connectivity index is 1.96. The van der Waals surface area contributed by atoms with Crippen LogP contribution in [0, 0.1) is 6.92 Å². The van der Waals surface area contributed by atoms with Crippen molar-refractivity contribution in [3.63, 3.8) is 0 Å². The van der Waals surface area contributed by atoms with Crippen molar-refractivity contribution < 1.29 is 0 Å². The highest BCUT2D eigenvalue weighted by molar-refractivity contribution is 5.21. The summed E-state index contributed by atoms with van der Waals surface area (Å²) in [6.07, 6.45) is 0.926. The molecule has 0 saturated carbocycles. The van der Waals surface area contributed by atoms with E-state index in [1.54, 1.807) is 0 Å². The third kappa shape index (κ3) is 3.37. The van der Waals surface area contributed by atoms with Crippen molar-refractivity contribution >= 4 is 0 Å². The summed E-state index contributed by atoms with van der Waals surface area (Å²) in [5.41, 5.74) is 4.61. The number of benzene rings is 1. The molecule has 0 amide bonds. The maximum atomic E-state index is 4.23. The van der Waals surface area contributed by atoms with Crippen LogP contribution in [-0.4, -0.2) is 10.2 Å². The number of hydrogen-bond acceptors (Lipinski definition) is 3. The van der Waals surface area contributed by atoms with Crippen LogP contribution in [0.4, 0.5) is 0 Å². The van der Waals surface area contributed by atoms with E-state index in [0.29, 0.717) is 0 Å². The molecule has 3 nitrogen and oxygen atoms in total. The van der Waals surface area contributed by atoms with Crippen LogP contribution in [0.3, 0.4) is 0 Å². The minimum atomic E-state index is 0.842. The van der Waals surface area contributed by atoms with Gasteiger partial charge in [0.25, 0.3) is 0 Å². The minimum Gasteiger partial charge on any atom is -0.309 e. The molecule has 0 radical (unpaired) electrons. The van der Waals surface area contributed by atoms with Crippen molar-refractivity contribution in [1.82, 2.24) is 15.5 Å². The zero-order valence-electron chi connectivity index (χ0n) is 11.0. The highest BCUT2D eigenvalue weighted by Gasteiger charge is 2.03. The predicted octanol–water partition coefficient (Wildman–Crippen LogP) is 2.64. The molecule has 0 saturated heterocycles. The van der Waals surface area contributed by atoms with E-state index in [9.17, 15) is 0 Å². The summed E-state index contributed by atoms with van der Waals surface area (Å²) < 4.78 is 0. The topological polar surface area (TPSA) is 37.8 Å². The normalized spacial score (nSPS) is 10.6. The van der Waals surface area contributed by atoms with Gasteiger partial charge in [0.05, 0.1) is 11.4 Å². The van der Waals surface area contributed by atoms with Gasteiger partial charge >= 0.3 is 0 Å². The number of nitrogens with zero attached hydrogens (tertiary/aromatic N) is 2. The van der Waals surface area contributed by atoms with Crippen LogP contribution in [-0.2, 0) is 19.5 Å². The van der Waals surface area contributed by atoms with E-state index >= 15 is 0 Å². The van der Waals surface area contributed by atoms with Crippen LogP contribution in [0.5, 0.6) is 0 Å². The van der Waals surface area contributed by atoms with E-state index in [1.807, 2.05) is 13.0 Å². The monoisotopic (exact) mass is 241 g/mol. The van der Waals surface area contributed by atoms with E-state index in [1.165, 1.54) is 11.1 Å². The Bertz CT molecular complexity index is 494. The predicted molar refractivity (Wildman–Crippen MR) is 73.1 cm³/mol. The Morgan fingerprint density at radius 1 is 1.06 bits per heavy atom. The molecule has 3 heteroatoms. The summed E-state index contributed by atoms with van der Waals surface area (Å²) in [7, 11) is 0. The fourth-order valence-corrected chi connectivity index (χ4v) is 1.96. The summed E-state index contributed by atoms with van der Waals surface area (Å²) in [6, 6.07) is 12.5. The molecular formula is C15H19N3. The molecule has 1 heterocycles. The zero-order chi connectivity index (χ0) is 12.8. The molecule has 18 heavy (non-hydrogen) atoms. The fourth-order valence-electron chi connectivity index (χ4n) is 1.96. The molecule has 0 unspecified atom stereocenters. The Labute approximate surface area is 108 Å². The molecule has 0 bridgehead atoms. The van der Waals surface area contributed by atoms with Gasteiger partial charge in [-0.1, -0.05) is 37.3 Å². The Kier molecular flexibility index (Phi) is 4.42. The van der Waals surface area contributed by atoms with Crippen LogP contribution in [0.15, 0.2) is 36.4 Å². The molecule has 0 fully saturated rings. The van der Waals surface area contributed by atoms with Gasteiger partial charge in [-0.05, 0) is 30.5 Å². The second-order valence-electron chi connectivity index (χ2n) is 4.40. The highest BCUT2D eigenvalue weighted by Crippen LogP contribution is 2.07. The number of aryl methyl sites for hydroxylation is 2. The summed E-state index contributed by atoms with van der Waals surface area (Å²) in [5, 5.41) is 11.8. The van der Waals surface area contributed by atoms with Crippen molar-refractivity contribution in [2.45, 2.75) is 33.4 Å². The lowest BCUT2D eigenvalue weighted by Crippen LogP contribution is -2.15. The van der Waals surface area contributed by atoms with Gasteiger partial charge in [0.15, 0.2) is 0 Å². The van der Waals surface area contributed by atoms with Crippen LogP contribution >= 0.6 is 0 Å². The first-order valence-corrected chi connectivity index (χ1v) is 6.36. The van der Waals surface area contributed by atoms with Gasteiger partial charge in [-0.3, -0.25) is 0 Å². The van der Waals surface area contributed by atoms with Crippen LogP contribution in [0.25, 0.3) is 0 Å². The van der Waals surface area contributed by atoms with Gasteiger partial charge in [0.1, 0.15) is 0 Å². The van der Waals surface area contributed by atoms with Gasteiger partial charge in [-0.2, -0.15) is 10.2 Å². The molecule has 0 spiro atoms. The third-order valence-electron chi connectivity index (χ3n) is 2.90. The van der Waals surface area contributed by atoms with E-state index in [2.05, 4.69) is 52.8 Å². The standard InChI is InChI=1S/C15H19N3/c1-3-15-14(9-12(2)17-18-15)11-16-10-13-7-5-4-6-8-13/h4-9,16H,3,10-11H2,1-2H3. The molecule has 2 rings (SSSR count). The second-order valence-corrected chi connectivity index (χ2v) is 4.40. The lowest BCUT2D eigenvalue weighted by molar-refractivity contribution is 0.678. The van der Waals surface area contributed by atoms with Gasteiger partial charge in [-0.15, -0.1) is 0 Å². The van der Waals surface area contributed by atoms with Crippen molar-refractivity contribution in [2.24, 2.45) is 0 Å². The molecule has 94 valence electrons. The summed E-state index contributed by atoms with van der Waals surface area (Å²) in [4.78, 5) is 0. The van der Waals surface area contributed by atoms with Crippen LogP contribution < -0.4 is 5.32 Å².